The molecule has 0 amide bonds. The van der Waals surface area contributed by atoms with E-state index in [1.807, 2.05) is 0 Å². The van der Waals surface area contributed by atoms with Gasteiger partial charge in [0.05, 0.1) is 0 Å². The second-order valence-electron chi connectivity index (χ2n) is 1.06. The summed E-state index contributed by atoms with van der Waals surface area (Å²) in [7, 11) is -10.1. The van der Waals surface area contributed by atoms with E-state index in [0.29, 0.717) is 0 Å². The summed E-state index contributed by atoms with van der Waals surface area (Å²) in [6.45, 7) is 0. The number of rotatable bonds is 2. The predicted octanol–water partition coefficient (Wildman–Crippen LogP) is -3.02. The molecule has 64 valence electrons. The van der Waals surface area contributed by atoms with Gasteiger partial charge in [-0.15, -0.1) is 0 Å². The van der Waals surface area contributed by atoms with Gasteiger partial charge in [-0.2, -0.15) is 4.31 Å². The van der Waals surface area contributed by atoms with Crippen LogP contribution in [0.1, 0.15) is 0 Å². The third-order valence-electron chi connectivity index (χ3n) is 0.213. The van der Waals surface area contributed by atoms with E-state index in [1.165, 1.54) is 0 Å². The van der Waals surface area contributed by atoms with Crippen LogP contribution in [0.2, 0.25) is 0 Å². The van der Waals surface area contributed by atoms with Crippen molar-refractivity contribution in [2.24, 2.45) is 0 Å². The molecular formula is H8CaK2O7P2. The Morgan fingerprint density at radius 1 is 0.833 bits per heavy atom. The molecule has 0 heterocycles. The van der Waals surface area contributed by atoms with Crippen LogP contribution in [0.3, 0.4) is 0 Å². The molecule has 12 heteroatoms. The minimum absolute atomic E-state index is 0. The fourth-order valence-corrected chi connectivity index (χ4v) is 1.25. The molecule has 0 saturated carbocycles. The van der Waals surface area contributed by atoms with Crippen LogP contribution in [0.5, 0.6) is 0 Å². The number of hydrogen-bond donors (Lipinski definition) is 4. The van der Waals surface area contributed by atoms with E-state index < -0.39 is 15.6 Å². The Morgan fingerprint density at radius 2 is 1.00 bits per heavy atom. The minimum atomic E-state index is -5.05. The molecule has 4 N–H and O–H groups in total. The summed E-state index contributed by atoms with van der Waals surface area (Å²) in [5, 5.41) is 0. The zero-order valence-electron chi connectivity index (χ0n) is 3.91. The Bertz CT molecular complexity index is 160. The van der Waals surface area contributed by atoms with Crippen LogP contribution in [0.25, 0.3) is 0 Å². The Labute approximate surface area is 184 Å². The van der Waals surface area contributed by atoms with Crippen molar-refractivity contribution in [3.63, 3.8) is 0 Å². The van der Waals surface area contributed by atoms with Crippen molar-refractivity contribution >= 4 is 156 Å². The van der Waals surface area contributed by atoms with Gasteiger partial charge in [-0.25, -0.2) is 9.13 Å². The van der Waals surface area contributed by atoms with Gasteiger partial charge in [-0.1, -0.05) is 0 Å². The standard InChI is InChI=1S/Ca.2K.H4O7P2.4H/c;;;1-8(2,3)7-9(4,5)6;;;;/h;;;(H2,1,2,3)(H2,4,5,6);;;;. The summed E-state index contributed by atoms with van der Waals surface area (Å²) in [4.78, 5) is 31.0. The summed E-state index contributed by atoms with van der Waals surface area (Å²) in [6.07, 6.45) is 0. The van der Waals surface area contributed by atoms with Gasteiger partial charge >= 0.3 is 156 Å². The third kappa shape index (κ3) is 24.2. The Balaban J connectivity index is -0.000000107. The normalized spacial score (nSPS) is 10.3. The topological polar surface area (TPSA) is 124 Å². The summed E-state index contributed by atoms with van der Waals surface area (Å²) in [5.41, 5.74) is 0. The van der Waals surface area contributed by atoms with E-state index in [9.17, 15) is 9.13 Å². The Morgan fingerprint density at radius 3 is 1.00 bits per heavy atom. The first-order chi connectivity index (χ1) is 3.71. The first-order valence-electron chi connectivity index (χ1n) is 1.53. The maximum absolute atomic E-state index is 9.63. The van der Waals surface area contributed by atoms with E-state index in [4.69, 9.17) is 19.6 Å². The zero-order chi connectivity index (χ0) is 7.71. The predicted molar refractivity (Wildman–Crippen MR) is 48.0 cm³/mol. The van der Waals surface area contributed by atoms with Crippen molar-refractivity contribution in [3.8, 4) is 0 Å². The molecule has 0 fully saturated rings. The summed E-state index contributed by atoms with van der Waals surface area (Å²) >= 11 is 0. The van der Waals surface area contributed by atoms with Gasteiger partial charge in [-0.3, -0.25) is 0 Å². The van der Waals surface area contributed by atoms with Crippen LogP contribution in [0.4, 0.5) is 0 Å². The Kier molecular flexibility index (Phi) is 23.3. The number of phosphoric acid groups is 2. The monoisotopic (exact) mass is 300 g/mol. The SMILES string of the molecule is O=P(O)(O)OP(=O)(O)O.[CaH2].[KH].[KH]. The average Bonchev–Trinajstić information content (AvgIpc) is 1.14. The van der Waals surface area contributed by atoms with Crippen molar-refractivity contribution in [2.45, 2.75) is 0 Å². The van der Waals surface area contributed by atoms with E-state index in [2.05, 4.69) is 4.31 Å². The van der Waals surface area contributed by atoms with Gasteiger partial charge in [0.1, 0.15) is 0 Å². The molecule has 0 unspecified atom stereocenters. The molecule has 0 aromatic carbocycles. The molecule has 0 aliphatic heterocycles. The van der Waals surface area contributed by atoms with E-state index in [-0.39, 0.29) is 141 Å². The second-order valence-corrected chi connectivity index (χ2v) is 3.68. The molecule has 12 heavy (non-hydrogen) atoms. The molecule has 7 nitrogen and oxygen atoms in total. The molecule has 0 bridgehead atoms. The van der Waals surface area contributed by atoms with Gasteiger partial charge in [0, 0.05) is 0 Å². The van der Waals surface area contributed by atoms with Crippen LogP contribution in [0.15, 0.2) is 0 Å². The van der Waals surface area contributed by atoms with Crippen LogP contribution in [-0.2, 0) is 13.4 Å². The van der Waals surface area contributed by atoms with E-state index in [1.54, 1.807) is 0 Å². The molecule has 0 aromatic rings. The molecule has 0 radical (unpaired) electrons. The first-order valence-corrected chi connectivity index (χ1v) is 4.59. The summed E-state index contributed by atoms with van der Waals surface area (Å²) < 4.78 is 22.2. The van der Waals surface area contributed by atoms with Crippen molar-refractivity contribution in [3.05, 3.63) is 0 Å². The van der Waals surface area contributed by atoms with Gasteiger partial charge in [0.25, 0.3) is 0 Å². The first kappa shape index (κ1) is 25.6. The van der Waals surface area contributed by atoms with Crippen molar-refractivity contribution in [1.82, 2.24) is 0 Å². The third-order valence-corrected chi connectivity index (χ3v) is 1.91. The zero-order valence-corrected chi connectivity index (χ0v) is 5.70. The molecule has 0 aliphatic rings. The van der Waals surface area contributed by atoms with Gasteiger partial charge < -0.3 is 19.6 Å². The molecule has 0 aliphatic carbocycles. The second kappa shape index (κ2) is 10.9. The van der Waals surface area contributed by atoms with Gasteiger partial charge in [0.2, 0.25) is 0 Å². The average molecular weight is 300 g/mol. The van der Waals surface area contributed by atoms with E-state index in [0.717, 1.165) is 0 Å². The van der Waals surface area contributed by atoms with Gasteiger partial charge in [0.15, 0.2) is 0 Å². The van der Waals surface area contributed by atoms with E-state index >= 15 is 0 Å². The van der Waals surface area contributed by atoms with Crippen molar-refractivity contribution in [2.75, 3.05) is 0 Å². The maximum atomic E-state index is 9.63. The fraction of sp³-hybridized carbons (Fsp3) is 0. The quantitative estimate of drug-likeness (QED) is 0.316. The van der Waals surface area contributed by atoms with Crippen molar-refractivity contribution in [1.29, 1.82) is 0 Å². The van der Waals surface area contributed by atoms with Crippen LogP contribution < -0.4 is 0 Å². The van der Waals surface area contributed by atoms with Crippen LogP contribution in [-0.4, -0.2) is 160 Å². The molecule has 0 aromatic heterocycles. The summed E-state index contributed by atoms with van der Waals surface area (Å²) in [6, 6.07) is 0. The summed E-state index contributed by atoms with van der Waals surface area (Å²) in [5.74, 6) is 0. The van der Waals surface area contributed by atoms with Crippen molar-refractivity contribution < 1.29 is 33.0 Å². The fourth-order valence-electron chi connectivity index (χ4n) is 0.139. The van der Waals surface area contributed by atoms with Crippen LogP contribution in [0, 0.1) is 0 Å². The Hall–Kier alpha value is 4.79. The molecule has 0 atom stereocenters. The van der Waals surface area contributed by atoms with Crippen LogP contribution >= 0.6 is 15.6 Å². The molecule has 0 rings (SSSR count). The number of hydrogen-bond acceptors (Lipinski definition) is 3. The molecular weight excluding hydrogens is 292 g/mol. The molecule has 0 spiro atoms. The van der Waals surface area contributed by atoms with Gasteiger partial charge in [-0.05, 0) is 0 Å². The molecule has 0 saturated heterocycles.